The molecule has 4 rings (SSSR count). The molecule has 2 heterocycles. The standard InChI is InChI=1S/C24H19N3O4/c1-15-6-5-9-21(25-15)27-22(28)19-14-17-7-3-4-8-20(17)31-23(19)26-18-12-10-16(11-13-18)24(29)30-2/h3-14H,1-2H3,(H,25,27,28). The lowest BCUT2D eigenvalue weighted by Crippen LogP contribution is -2.22. The average molecular weight is 413 g/mol. The topological polar surface area (TPSA) is 93.8 Å². The Morgan fingerprint density at radius 1 is 1.00 bits per heavy atom. The zero-order valence-electron chi connectivity index (χ0n) is 17.0. The Hall–Kier alpha value is -4.26. The molecule has 0 saturated heterocycles. The lowest BCUT2D eigenvalue weighted by molar-refractivity contribution is 0.0600. The summed E-state index contributed by atoms with van der Waals surface area (Å²) in [5.41, 5.74) is 2.72. The average Bonchev–Trinajstić information content (AvgIpc) is 2.78. The van der Waals surface area contributed by atoms with Gasteiger partial charge in [0, 0.05) is 11.1 Å². The molecule has 4 aromatic rings. The molecule has 0 aliphatic heterocycles. The molecule has 0 saturated carbocycles. The molecule has 7 nitrogen and oxygen atoms in total. The van der Waals surface area contributed by atoms with Gasteiger partial charge in [-0.05, 0) is 55.5 Å². The van der Waals surface area contributed by atoms with E-state index in [1.165, 1.54) is 7.11 Å². The summed E-state index contributed by atoms with van der Waals surface area (Å²) in [6, 6.07) is 21.0. The molecular weight excluding hydrogens is 394 g/mol. The third kappa shape index (κ3) is 4.51. The van der Waals surface area contributed by atoms with Gasteiger partial charge in [-0.15, -0.1) is 0 Å². The van der Waals surface area contributed by atoms with E-state index in [0.29, 0.717) is 22.7 Å². The normalized spacial score (nSPS) is 11.4. The third-order valence-corrected chi connectivity index (χ3v) is 4.55. The fourth-order valence-electron chi connectivity index (χ4n) is 3.02. The molecule has 0 fully saturated rings. The predicted octanol–water partition coefficient (Wildman–Crippen LogP) is 4.41. The maximum Gasteiger partial charge on any atom is 0.337 e. The summed E-state index contributed by atoms with van der Waals surface area (Å²) in [7, 11) is 1.32. The van der Waals surface area contributed by atoms with Crippen molar-refractivity contribution in [2.45, 2.75) is 6.92 Å². The number of methoxy groups -OCH3 is 1. The molecule has 0 aliphatic rings. The molecule has 0 unspecified atom stereocenters. The van der Waals surface area contributed by atoms with E-state index in [1.807, 2.05) is 37.3 Å². The SMILES string of the molecule is COC(=O)c1ccc(N=c2oc3ccccc3cc2C(=O)Nc2cccc(C)n2)cc1. The number of para-hydroxylation sites is 1. The number of nitrogens with one attached hydrogen (secondary N) is 1. The highest BCUT2D eigenvalue weighted by Gasteiger charge is 2.14. The van der Waals surface area contributed by atoms with E-state index in [1.54, 1.807) is 42.5 Å². The number of carbonyl (C=O) groups excluding carboxylic acids is 2. The first-order valence-corrected chi connectivity index (χ1v) is 9.54. The third-order valence-electron chi connectivity index (χ3n) is 4.55. The number of rotatable bonds is 4. The fourth-order valence-corrected chi connectivity index (χ4v) is 3.02. The van der Waals surface area contributed by atoms with Crippen LogP contribution in [0.25, 0.3) is 11.0 Å². The van der Waals surface area contributed by atoms with Crippen LogP contribution in [-0.2, 0) is 4.74 Å². The Kier molecular flexibility index (Phi) is 5.57. The van der Waals surface area contributed by atoms with Gasteiger partial charge in [0.2, 0.25) is 5.55 Å². The largest absolute Gasteiger partial charge is 0.465 e. The summed E-state index contributed by atoms with van der Waals surface area (Å²) in [6.45, 7) is 1.85. The number of esters is 1. The summed E-state index contributed by atoms with van der Waals surface area (Å²) in [5.74, 6) is -0.392. The molecule has 1 amide bonds. The van der Waals surface area contributed by atoms with Crippen molar-refractivity contribution < 1.29 is 18.7 Å². The van der Waals surface area contributed by atoms with Crippen LogP contribution in [0.2, 0.25) is 0 Å². The first-order chi connectivity index (χ1) is 15.0. The molecule has 0 radical (unpaired) electrons. The Bertz CT molecular complexity index is 1340. The van der Waals surface area contributed by atoms with E-state index in [0.717, 1.165) is 11.1 Å². The lowest BCUT2D eigenvalue weighted by atomic mass is 10.1. The molecule has 7 heteroatoms. The van der Waals surface area contributed by atoms with Gasteiger partial charge in [-0.2, -0.15) is 0 Å². The molecule has 1 N–H and O–H groups in total. The maximum absolute atomic E-state index is 13.0. The Morgan fingerprint density at radius 2 is 1.77 bits per heavy atom. The highest BCUT2D eigenvalue weighted by atomic mass is 16.5. The van der Waals surface area contributed by atoms with Gasteiger partial charge in [-0.3, -0.25) is 4.79 Å². The van der Waals surface area contributed by atoms with Gasteiger partial charge in [0.05, 0.1) is 18.4 Å². The summed E-state index contributed by atoms with van der Waals surface area (Å²) >= 11 is 0. The number of pyridine rings is 1. The zero-order chi connectivity index (χ0) is 21.8. The van der Waals surface area contributed by atoms with Crippen LogP contribution < -0.4 is 10.9 Å². The molecular formula is C24H19N3O4. The van der Waals surface area contributed by atoms with Crippen molar-refractivity contribution in [2.24, 2.45) is 4.99 Å². The van der Waals surface area contributed by atoms with E-state index in [2.05, 4.69) is 15.3 Å². The smallest absolute Gasteiger partial charge is 0.337 e. The number of aromatic nitrogens is 1. The molecule has 0 atom stereocenters. The quantitative estimate of drug-likeness (QED) is 0.500. The van der Waals surface area contributed by atoms with E-state index in [4.69, 9.17) is 9.15 Å². The molecule has 2 aromatic carbocycles. The van der Waals surface area contributed by atoms with Crippen LogP contribution in [0.15, 0.2) is 82.2 Å². The van der Waals surface area contributed by atoms with Crippen molar-refractivity contribution in [3.63, 3.8) is 0 Å². The minimum absolute atomic E-state index is 0.148. The fraction of sp³-hybridized carbons (Fsp3) is 0.0833. The molecule has 0 spiro atoms. The number of amides is 1. The highest BCUT2D eigenvalue weighted by Crippen LogP contribution is 2.17. The summed E-state index contributed by atoms with van der Waals surface area (Å²) < 4.78 is 10.6. The van der Waals surface area contributed by atoms with Crippen molar-refractivity contribution in [3.05, 3.63) is 95.2 Å². The van der Waals surface area contributed by atoms with Crippen molar-refractivity contribution in [3.8, 4) is 0 Å². The second-order valence-electron chi connectivity index (χ2n) is 6.77. The van der Waals surface area contributed by atoms with E-state index >= 15 is 0 Å². The number of carbonyl (C=O) groups is 2. The summed E-state index contributed by atoms with van der Waals surface area (Å²) in [4.78, 5) is 33.5. The molecule has 31 heavy (non-hydrogen) atoms. The summed E-state index contributed by atoms with van der Waals surface area (Å²) in [5, 5.41) is 3.56. The monoisotopic (exact) mass is 413 g/mol. The molecule has 154 valence electrons. The molecule has 2 aromatic heterocycles. The predicted molar refractivity (Wildman–Crippen MR) is 116 cm³/mol. The van der Waals surface area contributed by atoms with Gasteiger partial charge >= 0.3 is 5.97 Å². The Labute approximate surface area is 178 Å². The van der Waals surface area contributed by atoms with Crippen molar-refractivity contribution in [2.75, 3.05) is 12.4 Å². The van der Waals surface area contributed by atoms with Crippen molar-refractivity contribution in [1.82, 2.24) is 4.98 Å². The van der Waals surface area contributed by atoms with Gasteiger partial charge < -0.3 is 14.5 Å². The van der Waals surface area contributed by atoms with Crippen molar-refractivity contribution in [1.29, 1.82) is 0 Å². The van der Waals surface area contributed by atoms with Crippen LogP contribution in [-0.4, -0.2) is 24.0 Å². The Balaban J connectivity index is 1.78. The number of anilines is 1. The van der Waals surface area contributed by atoms with E-state index in [9.17, 15) is 9.59 Å². The molecule has 0 aliphatic carbocycles. The van der Waals surface area contributed by atoms with Gasteiger partial charge in [0.1, 0.15) is 17.0 Å². The number of hydrogen-bond donors (Lipinski definition) is 1. The Morgan fingerprint density at radius 3 is 2.52 bits per heavy atom. The van der Waals surface area contributed by atoms with Gasteiger partial charge in [0.25, 0.3) is 5.91 Å². The van der Waals surface area contributed by atoms with Gasteiger partial charge in [-0.1, -0.05) is 24.3 Å². The summed E-state index contributed by atoms with van der Waals surface area (Å²) in [6.07, 6.45) is 0. The van der Waals surface area contributed by atoms with Crippen LogP contribution >= 0.6 is 0 Å². The zero-order valence-corrected chi connectivity index (χ0v) is 17.0. The van der Waals surface area contributed by atoms with Gasteiger partial charge in [-0.25, -0.2) is 14.8 Å². The van der Waals surface area contributed by atoms with Crippen LogP contribution in [0.3, 0.4) is 0 Å². The number of benzene rings is 2. The number of nitrogens with zero attached hydrogens (tertiary/aromatic N) is 2. The second-order valence-corrected chi connectivity index (χ2v) is 6.77. The first kappa shape index (κ1) is 20.0. The minimum Gasteiger partial charge on any atom is -0.465 e. The van der Waals surface area contributed by atoms with E-state index in [-0.39, 0.29) is 11.1 Å². The minimum atomic E-state index is -0.437. The van der Waals surface area contributed by atoms with E-state index < -0.39 is 11.9 Å². The number of hydrogen-bond acceptors (Lipinski definition) is 6. The first-order valence-electron chi connectivity index (χ1n) is 9.54. The number of ether oxygens (including phenoxy) is 1. The van der Waals surface area contributed by atoms with Crippen LogP contribution in [0.5, 0.6) is 0 Å². The van der Waals surface area contributed by atoms with Crippen LogP contribution in [0.4, 0.5) is 11.5 Å². The van der Waals surface area contributed by atoms with Crippen LogP contribution in [0.1, 0.15) is 26.4 Å². The lowest BCUT2D eigenvalue weighted by Gasteiger charge is -2.07. The number of aryl methyl sites for hydroxylation is 1. The van der Waals surface area contributed by atoms with Crippen LogP contribution in [0, 0.1) is 6.92 Å². The molecule has 0 bridgehead atoms. The second kappa shape index (κ2) is 8.62. The highest BCUT2D eigenvalue weighted by molar-refractivity contribution is 6.05. The maximum atomic E-state index is 13.0. The van der Waals surface area contributed by atoms with Gasteiger partial charge in [0.15, 0.2) is 0 Å². The number of fused-ring (bicyclic) bond motifs is 1. The van der Waals surface area contributed by atoms with Crippen molar-refractivity contribution >= 4 is 34.4 Å².